The minimum Gasteiger partial charge on any atom is -0.342 e. The molecule has 7 heteroatoms. The standard InChI is InChI=1S/C20H21N5O2/c1-14(19-23-22-17-6-2-4-13-25(17)19)21-20(27)15-8-10-16(11-9-15)24-12-5-3-7-18(24)26/h2,4,6,8-11,13-14H,3,5,7,12H2,1H3,(H,21,27). The summed E-state index contributed by atoms with van der Waals surface area (Å²) >= 11 is 0. The Balaban J connectivity index is 1.47. The van der Waals surface area contributed by atoms with Crippen molar-refractivity contribution in [2.75, 3.05) is 11.4 Å². The van der Waals surface area contributed by atoms with E-state index in [2.05, 4.69) is 15.5 Å². The molecule has 1 atom stereocenters. The third-order valence-electron chi connectivity index (χ3n) is 4.84. The summed E-state index contributed by atoms with van der Waals surface area (Å²) in [5.74, 6) is 0.631. The summed E-state index contributed by atoms with van der Waals surface area (Å²) in [5, 5.41) is 11.2. The minimum atomic E-state index is -0.293. The van der Waals surface area contributed by atoms with Crippen LogP contribution in [0.4, 0.5) is 5.69 Å². The van der Waals surface area contributed by atoms with Crippen LogP contribution in [0.25, 0.3) is 5.65 Å². The molecule has 0 saturated carbocycles. The molecule has 1 saturated heterocycles. The van der Waals surface area contributed by atoms with Crippen LogP contribution < -0.4 is 10.2 Å². The Bertz CT molecular complexity index is 979. The molecule has 1 aliphatic rings. The Hall–Kier alpha value is -3.22. The fraction of sp³-hybridized carbons (Fsp3) is 0.300. The zero-order chi connectivity index (χ0) is 18.8. The monoisotopic (exact) mass is 363 g/mol. The fourth-order valence-corrected chi connectivity index (χ4v) is 3.37. The summed E-state index contributed by atoms with van der Waals surface area (Å²) in [7, 11) is 0. The molecule has 1 aromatic carbocycles. The normalized spacial score (nSPS) is 15.7. The summed E-state index contributed by atoms with van der Waals surface area (Å²) in [6, 6.07) is 12.5. The summed E-state index contributed by atoms with van der Waals surface area (Å²) in [6.45, 7) is 2.61. The molecule has 2 amide bonds. The van der Waals surface area contributed by atoms with Gasteiger partial charge in [-0.25, -0.2) is 0 Å². The number of amides is 2. The van der Waals surface area contributed by atoms with E-state index in [9.17, 15) is 9.59 Å². The van der Waals surface area contributed by atoms with Gasteiger partial charge >= 0.3 is 0 Å². The van der Waals surface area contributed by atoms with Crippen LogP contribution in [-0.2, 0) is 4.79 Å². The number of anilines is 1. The topological polar surface area (TPSA) is 79.6 Å². The van der Waals surface area contributed by atoms with Crippen molar-refractivity contribution < 1.29 is 9.59 Å². The van der Waals surface area contributed by atoms with Gasteiger partial charge in [-0.3, -0.25) is 14.0 Å². The molecule has 27 heavy (non-hydrogen) atoms. The number of nitrogens with one attached hydrogen (secondary N) is 1. The average Bonchev–Trinajstić information content (AvgIpc) is 3.13. The number of nitrogens with zero attached hydrogens (tertiary/aromatic N) is 4. The minimum absolute atomic E-state index is 0.144. The number of piperidine rings is 1. The van der Waals surface area contributed by atoms with Gasteiger partial charge in [-0.15, -0.1) is 10.2 Å². The highest BCUT2D eigenvalue weighted by molar-refractivity contribution is 5.97. The lowest BCUT2D eigenvalue weighted by molar-refractivity contribution is -0.119. The maximum atomic E-state index is 12.6. The van der Waals surface area contributed by atoms with Gasteiger partial charge in [0.15, 0.2) is 11.5 Å². The second kappa shape index (κ2) is 7.19. The van der Waals surface area contributed by atoms with Gasteiger partial charge in [0.25, 0.3) is 5.91 Å². The molecule has 4 rings (SSSR count). The van der Waals surface area contributed by atoms with E-state index in [1.54, 1.807) is 17.0 Å². The lowest BCUT2D eigenvalue weighted by atomic mass is 10.1. The molecule has 0 bridgehead atoms. The molecule has 0 spiro atoms. The molecule has 2 aromatic heterocycles. The molecule has 1 fully saturated rings. The van der Waals surface area contributed by atoms with Gasteiger partial charge in [0.1, 0.15) is 0 Å². The van der Waals surface area contributed by atoms with E-state index in [0.29, 0.717) is 17.8 Å². The maximum Gasteiger partial charge on any atom is 0.251 e. The molecule has 1 unspecified atom stereocenters. The number of fused-ring (bicyclic) bond motifs is 1. The van der Waals surface area contributed by atoms with Gasteiger partial charge in [0.05, 0.1) is 6.04 Å². The molecule has 1 aliphatic heterocycles. The predicted molar refractivity (Wildman–Crippen MR) is 102 cm³/mol. The summed E-state index contributed by atoms with van der Waals surface area (Å²) < 4.78 is 1.86. The summed E-state index contributed by atoms with van der Waals surface area (Å²) in [5.41, 5.74) is 2.13. The highest BCUT2D eigenvalue weighted by atomic mass is 16.2. The fourth-order valence-electron chi connectivity index (χ4n) is 3.37. The van der Waals surface area contributed by atoms with E-state index in [1.807, 2.05) is 47.9 Å². The van der Waals surface area contributed by atoms with Crippen LogP contribution in [0.2, 0.25) is 0 Å². The van der Waals surface area contributed by atoms with Crippen LogP contribution in [-0.4, -0.2) is 33.0 Å². The highest BCUT2D eigenvalue weighted by Crippen LogP contribution is 2.21. The van der Waals surface area contributed by atoms with E-state index in [4.69, 9.17) is 0 Å². The smallest absolute Gasteiger partial charge is 0.251 e. The number of carbonyl (C=O) groups is 2. The molecular weight excluding hydrogens is 342 g/mol. The van der Waals surface area contributed by atoms with Crippen molar-refractivity contribution in [3.63, 3.8) is 0 Å². The van der Waals surface area contributed by atoms with Gasteiger partial charge in [-0.1, -0.05) is 6.07 Å². The van der Waals surface area contributed by atoms with Crippen molar-refractivity contribution in [1.82, 2.24) is 19.9 Å². The Kier molecular flexibility index (Phi) is 4.58. The van der Waals surface area contributed by atoms with E-state index in [-0.39, 0.29) is 17.9 Å². The van der Waals surface area contributed by atoms with Gasteiger partial charge in [0.2, 0.25) is 5.91 Å². The Morgan fingerprint density at radius 1 is 1.11 bits per heavy atom. The molecule has 1 N–H and O–H groups in total. The highest BCUT2D eigenvalue weighted by Gasteiger charge is 2.20. The lowest BCUT2D eigenvalue weighted by Gasteiger charge is -2.26. The largest absolute Gasteiger partial charge is 0.342 e. The van der Waals surface area contributed by atoms with Crippen LogP contribution >= 0.6 is 0 Å². The zero-order valence-corrected chi connectivity index (χ0v) is 15.1. The number of carbonyl (C=O) groups excluding carboxylic acids is 2. The van der Waals surface area contributed by atoms with Crippen molar-refractivity contribution in [1.29, 1.82) is 0 Å². The van der Waals surface area contributed by atoms with Crippen LogP contribution in [0.5, 0.6) is 0 Å². The third kappa shape index (κ3) is 3.40. The summed E-state index contributed by atoms with van der Waals surface area (Å²) in [6.07, 6.45) is 4.42. The first-order chi connectivity index (χ1) is 13.1. The average molecular weight is 363 g/mol. The first-order valence-electron chi connectivity index (χ1n) is 9.14. The Labute approximate surface area is 157 Å². The molecule has 138 valence electrons. The van der Waals surface area contributed by atoms with Gasteiger partial charge in [-0.2, -0.15) is 0 Å². The molecule has 3 aromatic rings. The SMILES string of the molecule is CC(NC(=O)c1ccc(N2CCCCC2=O)cc1)c1nnc2ccccn12. The van der Waals surface area contributed by atoms with Crippen molar-refractivity contribution in [2.24, 2.45) is 0 Å². The zero-order valence-electron chi connectivity index (χ0n) is 15.1. The Morgan fingerprint density at radius 2 is 1.93 bits per heavy atom. The number of aromatic nitrogens is 3. The Morgan fingerprint density at radius 3 is 2.70 bits per heavy atom. The molecule has 7 nitrogen and oxygen atoms in total. The predicted octanol–water partition coefficient (Wildman–Crippen LogP) is 2.74. The van der Waals surface area contributed by atoms with Gasteiger partial charge in [-0.05, 0) is 56.2 Å². The quantitative estimate of drug-likeness (QED) is 0.773. The third-order valence-corrected chi connectivity index (χ3v) is 4.84. The maximum absolute atomic E-state index is 12.6. The number of rotatable bonds is 4. The van der Waals surface area contributed by atoms with Crippen LogP contribution in [0.1, 0.15) is 48.4 Å². The molecular formula is C20H21N5O2. The lowest BCUT2D eigenvalue weighted by Crippen LogP contribution is -2.35. The van der Waals surface area contributed by atoms with E-state index in [1.165, 1.54) is 0 Å². The van der Waals surface area contributed by atoms with Crippen molar-refractivity contribution in [2.45, 2.75) is 32.2 Å². The van der Waals surface area contributed by atoms with Crippen molar-refractivity contribution >= 4 is 23.1 Å². The van der Waals surface area contributed by atoms with Crippen molar-refractivity contribution in [3.05, 3.63) is 60.0 Å². The number of hydrogen-bond acceptors (Lipinski definition) is 4. The van der Waals surface area contributed by atoms with Crippen LogP contribution in [0, 0.1) is 0 Å². The molecule has 3 heterocycles. The van der Waals surface area contributed by atoms with E-state index in [0.717, 1.165) is 30.7 Å². The van der Waals surface area contributed by atoms with Crippen LogP contribution in [0.3, 0.4) is 0 Å². The number of pyridine rings is 1. The first-order valence-corrected chi connectivity index (χ1v) is 9.14. The molecule has 0 radical (unpaired) electrons. The van der Waals surface area contributed by atoms with Gasteiger partial charge in [0, 0.05) is 30.4 Å². The second-order valence-electron chi connectivity index (χ2n) is 6.73. The van der Waals surface area contributed by atoms with Crippen LogP contribution in [0.15, 0.2) is 48.7 Å². The summed E-state index contributed by atoms with van der Waals surface area (Å²) in [4.78, 5) is 26.4. The van der Waals surface area contributed by atoms with Gasteiger partial charge < -0.3 is 10.2 Å². The van der Waals surface area contributed by atoms with Crippen molar-refractivity contribution in [3.8, 4) is 0 Å². The second-order valence-corrected chi connectivity index (χ2v) is 6.73. The van der Waals surface area contributed by atoms with E-state index >= 15 is 0 Å². The first kappa shape index (κ1) is 17.2. The number of hydrogen-bond donors (Lipinski definition) is 1. The molecule has 0 aliphatic carbocycles. The number of benzene rings is 1. The van der Waals surface area contributed by atoms with E-state index < -0.39 is 0 Å².